The molecule has 0 fully saturated rings. The van der Waals surface area contributed by atoms with E-state index in [9.17, 15) is 21.6 Å². The van der Waals surface area contributed by atoms with Crippen molar-refractivity contribution in [1.82, 2.24) is 15.3 Å². The summed E-state index contributed by atoms with van der Waals surface area (Å²) in [6.07, 6.45) is -4.76. The predicted octanol–water partition coefficient (Wildman–Crippen LogP) is 3.16. The summed E-state index contributed by atoms with van der Waals surface area (Å²) in [6, 6.07) is 4.91. The van der Waals surface area contributed by atoms with Gasteiger partial charge in [-0.3, -0.25) is 0 Å². The van der Waals surface area contributed by atoms with Crippen LogP contribution in [0.25, 0.3) is 11.4 Å². The molecule has 0 radical (unpaired) electrons. The van der Waals surface area contributed by atoms with Gasteiger partial charge in [-0.05, 0) is 38.1 Å². The number of anilines is 1. The highest BCUT2D eigenvalue weighted by molar-refractivity contribution is 7.92. The number of alkyl halides is 3. The minimum Gasteiger partial charge on any atom is -0.337 e. The van der Waals surface area contributed by atoms with Crippen LogP contribution in [-0.2, 0) is 16.2 Å². The molecule has 0 saturated heterocycles. The van der Waals surface area contributed by atoms with Crippen LogP contribution in [0.5, 0.6) is 0 Å². The molecule has 0 unspecified atom stereocenters. The first-order chi connectivity index (χ1) is 12.1. The summed E-state index contributed by atoms with van der Waals surface area (Å²) in [6.45, 7) is 3.30. The third kappa shape index (κ3) is 3.40. The first kappa shape index (κ1) is 17.9. The molecule has 8 nitrogen and oxygen atoms in total. The van der Waals surface area contributed by atoms with Crippen molar-refractivity contribution in [2.75, 3.05) is 4.72 Å². The van der Waals surface area contributed by atoms with Crippen molar-refractivity contribution in [1.29, 1.82) is 0 Å². The maximum absolute atomic E-state index is 12.5. The zero-order valence-electron chi connectivity index (χ0n) is 13.3. The number of benzene rings is 1. The Morgan fingerprint density at radius 1 is 1.04 bits per heavy atom. The Labute approximate surface area is 145 Å². The van der Waals surface area contributed by atoms with Gasteiger partial charge >= 0.3 is 12.1 Å². The monoisotopic (exact) mass is 388 g/mol. The van der Waals surface area contributed by atoms with Crippen LogP contribution in [0.1, 0.15) is 17.1 Å². The van der Waals surface area contributed by atoms with Gasteiger partial charge in [0.2, 0.25) is 11.7 Å². The van der Waals surface area contributed by atoms with Gasteiger partial charge < -0.3 is 9.05 Å². The molecular weight excluding hydrogens is 377 g/mol. The topological polar surface area (TPSA) is 111 Å². The summed E-state index contributed by atoms with van der Waals surface area (Å²) >= 11 is 0. The van der Waals surface area contributed by atoms with Crippen LogP contribution in [0.2, 0.25) is 0 Å². The molecule has 0 saturated carbocycles. The number of sulfonamides is 1. The van der Waals surface area contributed by atoms with Crippen LogP contribution in [0.3, 0.4) is 0 Å². The van der Waals surface area contributed by atoms with Crippen molar-refractivity contribution in [3.05, 3.63) is 41.4 Å². The second-order valence-electron chi connectivity index (χ2n) is 5.27. The zero-order chi connectivity index (χ0) is 19.1. The lowest BCUT2D eigenvalue weighted by Crippen LogP contribution is -2.13. The standard InChI is InChI=1S/C14H11F3N4O4S/c1-7-8(2)19-24-12(7)21-26(22,23)10-5-3-9(4-6-10)11-18-13(25-20-11)14(15,16)17/h3-6,21H,1-2H3. The van der Waals surface area contributed by atoms with E-state index in [0.717, 1.165) is 0 Å². The molecule has 0 amide bonds. The molecule has 26 heavy (non-hydrogen) atoms. The van der Waals surface area contributed by atoms with Gasteiger partial charge in [0, 0.05) is 11.1 Å². The Morgan fingerprint density at radius 2 is 1.69 bits per heavy atom. The normalized spacial score (nSPS) is 12.3. The molecule has 0 aliphatic rings. The molecule has 3 rings (SSSR count). The van der Waals surface area contributed by atoms with E-state index >= 15 is 0 Å². The van der Waals surface area contributed by atoms with Crippen molar-refractivity contribution in [2.24, 2.45) is 0 Å². The summed E-state index contributed by atoms with van der Waals surface area (Å²) in [4.78, 5) is 3.10. The highest BCUT2D eigenvalue weighted by Crippen LogP contribution is 2.30. The van der Waals surface area contributed by atoms with Gasteiger partial charge in [0.25, 0.3) is 10.0 Å². The third-order valence-corrected chi connectivity index (χ3v) is 4.82. The number of aromatic nitrogens is 3. The highest BCUT2D eigenvalue weighted by atomic mass is 32.2. The van der Waals surface area contributed by atoms with Crippen molar-refractivity contribution in [3.8, 4) is 11.4 Å². The molecule has 2 heterocycles. The van der Waals surface area contributed by atoms with E-state index in [2.05, 4.69) is 24.5 Å². The van der Waals surface area contributed by atoms with Crippen LogP contribution < -0.4 is 4.72 Å². The van der Waals surface area contributed by atoms with E-state index in [1.807, 2.05) is 0 Å². The number of rotatable bonds is 4. The average molecular weight is 388 g/mol. The molecule has 12 heteroatoms. The number of halogens is 3. The lowest BCUT2D eigenvalue weighted by molar-refractivity contribution is -0.159. The van der Waals surface area contributed by atoms with E-state index in [4.69, 9.17) is 4.52 Å². The second kappa shape index (κ2) is 6.12. The molecule has 0 spiro atoms. The maximum atomic E-state index is 12.5. The summed E-state index contributed by atoms with van der Waals surface area (Å²) in [5.74, 6) is -1.81. The van der Waals surface area contributed by atoms with Crippen molar-refractivity contribution in [2.45, 2.75) is 24.9 Å². The lowest BCUT2D eigenvalue weighted by atomic mass is 10.2. The molecule has 0 aliphatic heterocycles. The van der Waals surface area contributed by atoms with Crippen molar-refractivity contribution >= 4 is 15.9 Å². The smallest absolute Gasteiger partial charge is 0.337 e. The van der Waals surface area contributed by atoms with Crippen LogP contribution in [0, 0.1) is 13.8 Å². The van der Waals surface area contributed by atoms with Crippen LogP contribution in [-0.4, -0.2) is 23.7 Å². The second-order valence-corrected chi connectivity index (χ2v) is 6.96. The fourth-order valence-corrected chi connectivity index (χ4v) is 2.98. The van der Waals surface area contributed by atoms with Crippen LogP contribution in [0.15, 0.2) is 38.2 Å². The largest absolute Gasteiger partial charge is 0.471 e. The number of nitrogens with one attached hydrogen (secondary N) is 1. The number of hydrogen-bond acceptors (Lipinski definition) is 7. The molecule has 0 aliphatic carbocycles. The molecule has 1 aromatic carbocycles. The van der Waals surface area contributed by atoms with Crippen molar-refractivity contribution in [3.63, 3.8) is 0 Å². The zero-order valence-corrected chi connectivity index (χ0v) is 14.1. The summed E-state index contributed by atoms with van der Waals surface area (Å²) < 4.78 is 73.4. The molecular formula is C14H11F3N4O4S. The number of nitrogens with zero attached hydrogens (tertiary/aromatic N) is 3. The van der Waals surface area contributed by atoms with Crippen LogP contribution in [0.4, 0.5) is 19.1 Å². The van der Waals surface area contributed by atoms with Crippen molar-refractivity contribution < 1.29 is 30.6 Å². The Balaban J connectivity index is 1.85. The van der Waals surface area contributed by atoms with E-state index in [1.165, 1.54) is 24.3 Å². The summed E-state index contributed by atoms with van der Waals surface area (Å²) in [5, 5.41) is 6.88. The molecule has 0 bridgehead atoms. The predicted molar refractivity (Wildman–Crippen MR) is 81.5 cm³/mol. The van der Waals surface area contributed by atoms with Gasteiger partial charge in [0.1, 0.15) is 0 Å². The minimum absolute atomic E-state index is 0.0143. The fourth-order valence-electron chi connectivity index (χ4n) is 1.93. The third-order valence-electron chi connectivity index (χ3n) is 3.48. The minimum atomic E-state index is -4.76. The van der Waals surface area contributed by atoms with E-state index in [0.29, 0.717) is 11.3 Å². The molecule has 2 aromatic heterocycles. The molecule has 3 aromatic rings. The lowest BCUT2D eigenvalue weighted by Gasteiger charge is -2.06. The van der Waals surface area contributed by atoms with E-state index in [-0.39, 0.29) is 22.2 Å². The average Bonchev–Trinajstić information content (AvgIpc) is 3.18. The van der Waals surface area contributed by atoms with Gasteiger partial charge in [-0.15, -0.1) is 0 Å². The van der Waals surface area contributed by atoms with Gasteiger partial charge in [-0.25, -0.2) is 13.1 Å². The molecule has 0 atom stereocenters. The number of hydrogen-bond donors (Lipinski definition) is 1. The van der Waals surface area contributed by atoms with E-state index < -0.39 is 22.1 Å². The van der Waals surface area contributed by atoms with E-state index in [1.54, 1.807) is 13.8 Å². The fraction of sp³-hybridized carbons (Fsp3) is 0.214. The first-order valence-electron chi connectivity index (χ1n) is 7.05. The SMILES string of the molecule is Cc1noc(NS(=O)(=O)c2ccc(-c3noc(C(F)(F)F)n3)cc2)c1C. The Kier molecular flexibility index (Phi) is 4.22. The van der Waals surface area contributed by atoms with Gasteiger partial charge in [-0.2, -0.15) is 18.2 Å². The summed E-state index contributed by atoms with van der Waals surface area (Å²) in [7, 11) is -3.97. The first-order valence-corrected chi connectivity index (χ1v) is 8.53. The maximum Gasteiger partial charge on any atom is 0.471 e. The Morgan fingerprint density at radius 3 is 2.19 bits per heavy atom. The Hall–Kier alpha value is -2.89. The highest BCUT2D eigenvalue weighted by Gasteiger charge is 2.38. The molecule has 138 valence electrons. The quantitative estimate of drug-likeness (QED) is 0.731. The van der Waals surface area contributed by atoms with Crippen LogP contribution >= 0.6 is 0 Å². The summed E-state index contributed by atoms with van der Waals surface area (Å²) in [5.41, 5.74) is 1.24. The van der Waals surface area contributed by atoms with Gasteiger partial charge in [-0.1, -0.05) is 10.3 Å². The van der Waals surface area contributed by atoms with Gasteiger partial charge in [0.05, 0.1) is 10.6 Å². The molecule has 1 N–H and O–H groups in total. The Bertz CT molecular complexity index is 1040. The van der Waals surface area contributed by atoms with Gasteiger partial charge in [0.15, 0.2) is 0 Å². The number of aryl methyl sites for hydroxylation is 1.